The molecule has 0 amide bonds. The zero-order valence-electron chi connectivity index (χ0n) is 9.53. The number of nitrogens with two attached hydrogens (primary N) is 1. The van der Waals surface area contributed by atoms with Gasteiger partial charge in [-0.25, -0.2) is 0 Å². The molecule has 0 aromatic carbocycles. The smallest absolute Gasteiger partial charge is 0.0106 e. The van der Waals surface area contributed by atoms with Gasteiger partial charge in [0.25, 0.3) is 0 Å². The number of nitrogens with zero attached hydrogens (tertiary/aromatic N) is 1. The summed E-state index contributed by atoms with van der Waals surface area (Å²) in [7, 11) is 2.07. The lowest BCUT2D eigenvalue weighted by atomic mass is 9.86. The summed E-state index contributed by atoms with van der Waals surface area (Å²) >= 11 is 0. The van der Waals surface area contributed by atoms with E-state index in [1.54, 1.807) is 0 Å². The van der Waals surface area contributed by atoms with Crippen LogP contribution in [-0.4, -0.2) is 11.1 Å². The van der Waals surface area contributed by atoms with Crippen molar-refractivity contribution in [3.05, 3.63) is 24.0 Å². The second kappa shape index (κ2) is 5.20. The van der Waals surface area contributed by atoms with E-state index >= 15 is 0 Å². The van der Waals surface area contributed by atoms with Crippen molar-refractivity contribution in [2.24, 2.45) is 18.7 Å². The Morgan fingerprint density at radius 3 is 2.57 bits per heavy atom. The SMILES string of the molecule is CC(C)C(CCCN)c1ccn(C)c1. The van der Waals surface area contributed by atoms with Crippen molar-refractivity contribution in [2.75, 3.05) is 6.54 Å². The summed E-state index contributed by atoms with van der Waals surface area (Å²) in [6.07, 6.45) is 6.67. The van der Waals surface area contributed by atoms with Crippen molar-refractivity contribution in [1.82, 2.24) is 4.57 Å². The van der Waals surface area contributed by atoms with Gasteiger partial charge >= 0.3 is 0 Å². The second-order valence-corrected chi connectivity index (χ2v) is 4.39. The third-order valence-corrected chi connectivity index (χ3v) is 2.81. The summed E-state index contributed by atoms with van der Waals surface area (Å²) < 4.78 is 2.12. The van der Waals surface area contributed by atoms with Crippen LogP contribution in [0.4, 0.5) is 0 Å². The molecule has 0 aliphatic carbocycles. The first-order chi connectivity index (χ1) is 6.65. The van der Waals surface area contributed by atoms with Crippen LogP contribution in [0.15, 0.2) is 18.5 Å². The molecule has 1 unspecified atom stereocenters. The Bertz CT molecular complexity index is 263. The summed E-state index contributed by atoms with van der Waals surface area (Å²) in [6, 6.07) is 2.22. The summed E-state index contributed by atoms with van der Waals surface area (Å²) in [5.41, 5.74) is 7.01. The quantitative estimate of drug-likeness (QED) is 0.767. The Morgan fingerprint density at radius 1 is 1.43 bits per heavy atom. The maximum atomic E-state index is 5.56. The first kappa shape index (κ1) is 11.3. The number of aromatic nitrogens is 1. The molecule has 0 aliphatic rings. The summed E-state index contributed by atoms with van der Waals surface area (Å²) in [5, 5.41) is 0. The van der Waals surface area contributed by atoms with Gasteiger partial charge in [0, 0.05) is 19.4 Å². The van der Waals surface area contributed by atoms with Crippen molar-refractivity contribution < 1.29 is 0 Å². The largest absolute Gasteiger partial charge is 0.357 e. The highest BCUT2D eigenvalue weighted by Gasteiger charge is 2.15. The van der Waals surface area contributed by atoms with Gasteiger partial charge in [-0.05, 0) is 42.9 Å². The third-order valence-electron chi connectivity index (χ3n) is 2.81. The van der Waals surface area contributed by atoms with Crippen LogP contribution in [0.2, 0.25) is 0 Å². The summed E-state index contributed by atoms with van der Waals surface area (Å²) in [4.78, 5) is 0. The molecule has 2 heteroatoms. The van der Waals surface area contributed by atoms with Gasteiger partial charge in [-0.15, -0.1) is 0 Å². The van der Waals surface area contributed by atoms with Gasteiger partial charge in [-0.3, -0.25) is 0 Å². The lowest BCUT2D eigenvalue weighted by molar-refractivity contribution is 0.457. The fourth-order valence-electron chi connectivity index (χ4n) is 1.97. The van der Waals surface area contributed by atoms with E-state index in [4.69, 9.17) is 5.73 Å². The standard InChI is InChI=1S/C12H22N2/c1-10(2)12(5-4-7-13)11-6-8-14(3)9-11/h6,8-10,12H,4-5,7,13H2,1-3H3. The molecule has 0 bridgehead atoms. The molecule has 1 heterocycles. The molecule has 2 N–H and O–H groups in total. The van der Waals surface area contributed by atoms with Crippen LogP contribution in [0, 0.1) is 5.92 Å². The number of hydrogen-bond donors (Lipinski definition) is 1. The van der Waals surface area contributed by atoms with Crippen LogP contribution < -0.4 is 5.73 Å². The molecule has 0 fully saturated rings. The predicted octanol–water partition coefficient (Wildman–Crippen LogP) is 2.50. The minimum Gasteiger partial charge on any atom is -0.357 e. The van der Waals surface area contributed by atoms with E-state index in [2.05, 4.69) is 43.9 Å². The fourth-order valence-corrected chi connectivity index (χ4v) is 1.97. The van der Waals surface area contributed by atoms with E-state index in [-0.39, 0.29) is 0 Å². The first-order valence-corrected chi connectivity index (χ1v) is 5.47. The van der Waals surface area contributed by atoms with Gasteiger partial charge in [-0.1, -0.05) is 13.8 Å². The third kappa shape index (κ3) is 2.88. The van der Waals surface area contributed by atoms with Gasteiger partial charge in [0.05, 0.1) is 0 Å². The number of aryl methyl sites for hydroxylation is 1. The topological polar surface area (TPSA) is 30.9 Å². The Kier molecular flexibility index (Phi) is 4.21. The molecular formula is C12H22N2. The van der Waals surface area contributed by atoms with Crippen molar-refractivity contribution >= 4 is 0 Å². The summed E-state index contributed by atoms with van der Waals surface area (Å²) in [6.45, 7) is 5.37. The molecule has 1 atom stereocenters. The van der Waals surface area contributed by atoms with Crippen molar-refractivity contribution in [2.45, 2.75) is 32.6 Å². The Labute approximate surface area is 87.1 Å². The van der Waals surface area contributed by atoms with E-state index in [0.717, 1.165) is 13.0 Å². The Morgan fingerprint density at radius 2 is 2.14 bits per heavy atom. The summed E-state index contributed by atoms with van der Waals surface area (Å²) in [5.74, 6) is 1.36. The maximum Gasteiger partial charge on any atom is 0.0106 e. The average Bonchev–Trinajstić information content (AvgIpc) is 2.52. The van der Waals surface area contributed by atoms with E-state index in [1.165, 1.54) is 12.0 Å². The highest BCUT2D eigenvalue weighted by Crippen LogP contribution is 2.28. The lowest BCUT2D eigenvalue weighted by Crippen LogP contribution is -2.09. The number of rotatable bonds is 5. The van der Waals surface area contributed by atoms with Gasteiger partial charge in [0.15, 0.2) is 0 Å². The van der Waals surface area contributed by atoms with E-state index < -0.39 is 0 Å². The first-order valence-electron chi connectivity index (χ1n) is 5.47. The van der Waals surface area contributed by atoms with Gasteiger partial charge in [0.2, 0.25) is 0 Å². The second-order valence-electron chi connectivity index (χ2n) is 4.39. The highest BCUT2D eigenvalue weighted by atomic mass is 14.9. The minimum atomic E-state index is 0.666. The molecule has 1 rings (SSSR count). The number of hydrogen-bond acceptors (Lipinski definition) is 1. The molecule has 1 aromatic rings. The molecule has 80 valence electrons. The molecule has 0 spiro atoms. The van der Waals surface area contributed by atoms with E-state index in [1.807, 2.05) is 0 Å². The Balaban J connectivity index is 2.67. The molecule has 0 saturated carbocycles. The maximum absolute atomic E-state index is 5.56. The predicted molar refractivity (Wildman–Crippen MR) is 61.3 cm³/mol. The van der Waals surface area contributed by atoms with Crippen molar-refractivity contribution in [1.29, 1.82) is 0 Å². The van der Waals surface area contributed by atoms with Crippen LogP contribution >= 0.6 is 0 Å². The Hall–Kier alpha value is -0.760. The van der Waals surface area contributed by atoms with Crippen LogP contribution in [0.3, 0.4) is 0 Å². The van der Waals surface area contributed by atoms with Crippen molar-refractivity contribution in [3.63, 3.8) is 0 Å². The molecule has 2 nitrogen and oxygen atoms in total. The van der Waals surface area contributed by atoms with E-state index in [0.29, 0.717) is 11.8 Å². The lowest BCUT2D eigenvalue weighted by Gasteiger charge is -2.19. The van der Waals surface area contributed by atoms with Crippen LogP contribution in [-0.2, 0) is 7.05 Å². The monoisotopic (exact) mass is 194 g/mol. The fraction of sp³-hybridized carbons (Fsp3) is 0.667. The molecule has 14 heavy (non-hydrogen) atoms. The van der Waals surface area contributed by atoms with Crippen molar-refractivity contribution in [3.8, 4) is 0 Å². The van der Waals surface area contributed by atoms with Gasteiger partial charge < -0.3 is 10.3 Å². The zero-order valence-corrected chi connectivity index (χ0v) is 9.53. The molecular weight excluding hydrogens is 172 g/mol. The average molecular weight is 194 g/mol. The highest BCUT2D eigenvalue weighted by molar-refractivity contribution is 5.16. The van der Waals surface area contributed by atoms with Gasteiger partial charge in [0.1, 0.15) is 0 Å². The minimum absolute atomic E-state index is 0.666. The zero-order chi connectivity index (χ0) is 10.6. The van der Waals surface area contributed by atoms with Gasteiger partial charge in [-0.2, -0.15) is 0 Å². The molecule has 0 saturated heterocycles. The van der Waals surface area contributed by atoms with Crippen LogP contribution in [0.5, 0.6) is 0 Å². The molecule has 0 aliphatic heterocycles. The molecule has 0 radical (unpaired) electrons. The van der Waals surface area contributed by atoms with Crippen LogP contribution in [0.25, 0.3) is 0 Å². The molecule has 1 aromatic heterocycles. The van der Waals surface area contributed by atoms with E-state index in [9.17, 15) is 0 Å². The normalized spacial score (nSPS) is 13.5. The van der Waals surface area contributed by atoms with Crippen LogP contribution in [0.1, 0.15) is 38.2 Å².